The van der Waals surface area contributed by atoms with Crippen molar-refractivity contribution in [2.45, 2.75) is 39.7 Å². The summed E-state index contributed by atoms with van der Waals surface area (Å²) in [4.78, 5) is 17.7. The Morgan fingerprint density at radius 2 is 1.68 bits per heavy atom. The van der Waals surface area contributed by atoms with Gasteiger partial charge in [-0.25, -0.2) is 4.98 Å². The van der Waals surface area contributed by atoms with Gasteiger partial charge in [-0.15, -0.1) is 0 Å². The lowest BCUT2D eigenvalue weighted by molar-refractivity contribution is -0.118. The number of hydrogen-bond donors (Lipinski definition) is 2. The molecule has 0 saturated carbocycles. The van der Waals surface area contributed by atoms with Gasteiger partial charge in [0.15, 0.2) is 0 Å². The zero-order chi connectivity index (χ0) is 24.1. The number of aryl methyl sites for hydroxylation is 3. The number of pyridine rings is 1. The number of aromatic nitrogens is 2. The van der Waals surface area contributed by atoms with E-state index in [-0.39, 0.29) is 11.8 Å². The van der Waals surface area contributed by atoms with Crippen molar-refractivity contribution in [2.75, 3.05) is 11.9 Å². The quantitative estimate of drug-likeness (QED) is 0.355. The third kappa shape index (κ3) is 5.41. The van der Waals surface area contributed by atoms with Gasteiger partial charge in [-0.05, 0) is 49.9 Å². The van der Waals surface area contributed by atoms with E-state index in [0.717, 1.165) is 28.1 Å². The maximum Gasteiger partial charge on any atom is 0.247 e. The number of benzene rings is 2. The molecule has 34 heavy (non-hydrogen) atoms. The molecule has 6 heteroatoms. The fourth-order valence-corrected chi connectivity index (χ4v) is 4.02. The maximum atomic E-state index is 13.3. The van der Waals surface area contributed by atoms with Crippen LogP contribution in [0.3, 0.4) is 0 Å². The summed E-state index contributed by atoms with van der Waals surface area (Å²) in [7, 11) is 0. The first-order valence-corrected chi connectivity index (χ1v) is 11.5. The molecule has 2 N–H and O–H groups in total. The largest absolute Gasteiger partial charge is 0.361 e. The molecule has 0 unspecified atom stereocenters. The summed E-state index contributed by atoms with van der Waals surface area (Å²) in [6, 6.07) is 21.5. The molecular weight excluding hydrogens is 424 g/mol. The first kappa shape index (κ1) is 23.4. The molecule has 0 spiro atoms. The van der Waals surface area contributed by atoms with E-state index in [0.29, 0.717) is 12.4 Å². The standard InChI is InChI=1S/C28H30N4O2/c1-18-10-12-22(13-11-18)19(2)16-30-27(23-8-6-5-7-9-23)28(33)31-25-15-14-24(17-29-25)26-20(3)32-34-21(26)4/h5-15,17,19,27,30H,16H2,1-4H3,(H,29,31,33)/t19-,27-/m1/s1. The lowest BCUT2D eigenvalue weighted by Gasteiger charge is -2.21. The molecule has 0 radical (unpaired) electrons. The zero-order valence-corrected chi connectivity index (χ0v) is 20.0. The molecule has 0 bridgehead atoms. The van der Waals surface area contributed by atoms with Crippen LogP contribution in [-0.4, -0.2) is 22.6 Å². The van der Waals surface area contributed by atoms with Crippen LogP contribution in [0, 0.1) is 20.8 Å². The van der Waals surface area contributed by atoms with Crippen molar-refractivity contribution in [3.05, 3.63) is 101 Å². The number of hydrogen-bond acceptors (Lipinski definition) is 5. The summed E-state index contributed by atoms with van der Waals surface area (Å²) >= 11 is 0. The molecule has 2 aromatic heterocycles. The van der Waals surface area contributed by atoms with Gasteiger partial charge in [-0.3, -0.25) is 4.79 Å². The molecule has 0 aliphatic heterocycles. The molecule has 6 nitrogen and oxygen atoms in total. The van der Waals surface area contributed by atoms with Crippen molar-refractivity contribution in [3.8, 4) is 11.1 Å². The highest BCUT2D eigenvalue weighted by atomic mass is 16.5. The van der Waals surface area contributed by atoms with Crippen LogP contribution in [0.4, 0.5) is 5.82 Å². The van der Waals surface area contributed by atoms with Crippen molar-refractivity contribution in [1.82, 2.24) is 15.5 Å². The van der Waals surface area contributed by atoms with E-state index in [1.54, 1.807) is 12.3 Å². The van der Waals surface area contributed by atoms with E-state index in [9.17, 15) is 4.79 Å². The molecule has 4 aromatic rings. The van der Waals surface area contributed by atoms with E-state index < -0.39 is 6.04 Å². The Kier molecular flexibility index (Phi) is 7.18. The number of carbonyl (C=O) groups is 1. The highest BCUT2D eigenvalue weighted by Gasteiger charge is 2.22. The molecular formula is C28H30N4O2. The molecule has 2 atom stereocenters. The summed E-state index contributed by atoms with van der Waals surface area (Å²) in [5, 5.41) is 10.4. The van der Waals surface area contributed by atoms with Crippen molar-refractivity contribution in [1.29, 1.82) is 0 Å². The molecule has 174 valence electrons. The van der Waals surface area contributed by atoms with Crippen LogP contribution in [0.5, 0.6) is 0 Å². The van der Waals surface area contributed by atoms with Gasteiger partial charge in [-0.1, -0.05) is 72.2 Å². The van der Waals surface area contributed by atoms with E-state index in [4.69, 9.17) is 4.52 Å². The molecule has 0 saturated heterocycles. The van der Waals surface area contributed by atoms with Crippen LogP contribution in [0.2, 0.25) is 0 Å². The van der Waals surface area contributed by atoms with E-state index >= 15 is 0 Å². The third-order valence-corrected chi connectivity index (χ3v) is 6.01. The topological polar surface area (TPSA) is 80.0 Å². The number of amides is 1. The second-order valence-corrected chi connectivity index (χ2v) is 8.68. The van der Waals surface area contributed by atoms with Crippen molar-refractivity contribution in [2.24, 2.45) is 0 Å². The van der Waals surface area contributed by atoms with Crippen molar-refractivity contribution < 1.29 is 9.32 Å². The zero-order valence-electron chi connectivity index (χ0n) is 20.0. The fourth-order valence-electron chi connectivity index (χ4n) is 4.02. The summed E-state index contributed by atoms with van der Waals surface area (Å²) in [6.45, 7) is 8.67. The van der Waals surface area contributed by atoms with Gasteiger partial charge in [0.1, 0.15) is 17.6 Å². The molecule has 0 aliphatic carbocycles. The summed E-state index contributed by atoms with van der Waals surface area (Å²) in [5.74, 6) is 1.34. The van der Waals surface area contributed by atoms with Gasteiger partial charge in [0.2, 0.25) is 5.91 Å². The van der Waals surface area contributed by atoms with Crippen molar-refractivity contribution >= 4 is 11.7 Å². The lowest BCUT2D eigenvalue weighted by atomic mass is 9.98. The Morgan fingerprint density at radius 3 is 2.29 bits per heavy atom. The number of nitrogens with one attached hydrogen (secondary N) is 2. The second kappa shape index (κ2) is 10.4. The normalized spacial score (nSPS) is 12.8. The molecule has 0 fully saturated rings. The Hall–Kier alpha value is -3.77. The molecule has 1 amide bonds. The van der Waals surface area contributed by atoms with Crippen LogP contribution < -0.4 is 10.6 Å². The summed E-state index contributed by atoms with van der Waals surface area (Å²) < 4.78 is 5.25. The highest BCUT2D eigenvalue weighted by Crippen LogP contribution is 2.27. The van der Waals surface area contributed by atoms with Gasteiger partial charge >= 0.3 is 0 Å². The monoisotopic (exact) mass is 454 g/mol. The van der Waals surface area contributed by atoms with Crippen LogP contribution in [0.1, 0.15) is 47.0 Å². The van der Waals surface area contributed by atoms with Gasteiger partial charge in [0.05, 0.1) is 5.69 Å². The van der Waals surface area contributed by atoms with Crippen molar-refractivity contribution in [3.63, 3.8) is 0 Å². The third-order valence-electron chi connectivity index (χ3n) is 6.01. The van der Waals surface area contributed by atoms with Gasteiger partial charge in [-0.2, -0.15) is 0 Å². The fraction of sp³-hybridized carbons (Fsp3) is 0.250. The van der Waals surface area contributed by atoms with E-state index in [1.165, 1.54) is 11.1 Å². The van der Waals surface area contributed by atoms with Crippen LogP contribution >= 0.6 is 0 Å². The number of rotatable bonds is 8. The molecule has 2 heterocycles. The Balaban J connectivity index is 1.48. The molecule has 4 rings (SSSR count). The van der Waals surface area contributed by atoms with Crippen LogP contribution in [0.15, 0.2) is 77.4 Å². The Bertz CT molecular complexity index is 1210. The number of carbonyl (C=O) groups excluding carboxylic acids is 1. The molecule has 0 aliphatic rings. The maximum absolute atomic E-state index is 13.3. The van der Waals surface area contributed by atoms with Crippen LogP contribution in [-0.2, 0) is 4.79 Å². The minimum atomic E-state index is -0.502. The first-order chi connectivity index (χ1) is 16.4. The van der Waals surface area contributed by atoms with Crippen LogP contribution in [0.25, 0.3) is 11.1 Å². The number of anilines is 1. The lowest BCUT2D eigenvalue weighted by Crippen LogP contribution is -2.35. The highest BCUT2D eigenvalue weighted by molar-refractivity contribution is 5.95. The Morgan fingerprint density at radius 1 is 0.941 bits per heavy atom. The van der Waals surface area contributed by atoms with Gasteiger partial charge in [0, 0.05) is 23.9 Å². The first-order valence-electron chi connectivity index (χ1n) is 11.5. The average Bonchev–Trinajstić information content (AvgIpc) is 3.18. The van der Waals surface area contributed by atoms with Gasteiger partial charge < -0.3 is 15.2 Å². The van der Waals surface area contributed by atoms with E-state index in [1.807, 2.05) is 50.2 Å². The van der Waals surface area contributed by atoms with E-state index in [2.05, 4.69) is 58.9 Å². The van der Waals surface area contributed by atoms with Gasteiger partial charge in [0.25, 0.3) is 0 Å². The predicted octanol–water partition coefficient (Wildman–Crippen LogP) is 5.73. The number of nitrogens with zero attached hydrogens (tertiary/aromatic N) is 2. The summed E-state index contributed by atoms with van der Waals surface area (Å²) in [6.07, 6.45) is 1.73. The Labute approximate surface area is 200 Å². The second-order valence-electron chi connectivity index (χ2n) is 8.68. The minimum absolute atomic E-state index is 0.153. The minimum Gasteiger partial charge on any atom is -0.361 e. The summed E-state index contributed by atoms with van der Waals surface area (Å²) in [5.41, 5.74) is 6.02. The predicted molar refractivity (Wildman–Crippen MR) is 135 cm³/mol. The smallest absolute Gasteiger partial charge is 0.247 e. The SMILES string of the molecule is Cc1ccc([C@H](C)CN[C@@H](C(=O)Nc2ccc(-c3c(C)noc3C)cn2)c2ccccc2)cc1. The molecule has 2 aromatic carbocycles. The average molecular weight is 455 g/mol.